The molecular formula is C19H24N2O2. The number of benzene rings is 1. The van der Waals surface area contributed by atoms with Gasteiger partial charge in [0.2, 0.25) is 11.8 Å². The van der Waals surface area contributed by atoms with Crippen molar-refractivity contribution in [1.29, 1.82) is 0 Å². The first-order valence-electron chi connectivity index (χ1n) is 7.74. The molecule has 1 aromatic carbocycles. The first-order valence-corrected chi connectivity index (χ1v) is 7.74. The summed E-state index contributed by atoms with van der Waals surface area (Å²) < 4.78 is 5.83. The number of rotatable bonds is 4. The van der Waals surface area contributed by atoms with E-state index >= 15 is 0 Å². The molecule has 122 valence electrons. The van der Waals surface area contributed by atoms with Crippen molar-refractivity contribution in [1.82, 2.24) is 10.3 Å². The molecule has 4 heteroatoms. The number of nitrogens with zero attached hydrogens (tertiary/aromatic N) is 1. The van der Waals surface area contributed by atoms with Crippen molar-refractivity contribution in [2.45, 2.75) is 41.2 Å². The Morgan fingerprint density at radius 2 is 1.91 bits per heavy atom. The molecule has 2 aromatic rings. The number of amides is 1. The molecule has 23 heavy (non-hydrogen) atoms. The Labute approximate surface area is 137 Å². The maximum absolute atomic E-state index is 11.9. The molecule has 0 fully saturated rings. The third-order valence-corrected chi connectivity index (χ3v) is 3.49. The van der Waals surface area contributed by atoms with Gasteiger partial charge in [0.25, 0.3) is 0 Å². The zero-order chi connectivity index (χ0) is 17.0. The van der Waals surface area contributed by atoms with Crippen LogP contribution in [0.1, 0.15) is 37.5 Å². The third kappa shape index (κ3) is 4.81. The number of hydrogen-bond acceptors (Lipinski definition) is 3. The fourth-order valence-electron chi connectivity index (χ4n) is 1.95. The molecule has 0 unspecified atom stereocenters. The fraction of sp³-hybridized carbons (Fsp3) is 0.368. The predicted octanol–water partition coefficient (Wildman–Crippen LogP) is 4.15. The second-order valence-corrected chi connectivity index (χ2v) is 6.81. The molecule has 1 amide bonds. The van der Waals surface area contributed by atoms with E-state index < -0.39 is 0 Å². The maximum Gasteiger partial charge on any atom is 0.225 e. The second-order valence-electron chi connectivity index (χ2n) is 6.81. The van der Waals surface area contributed by atoms with Crippen molar-refractivity contribution in [2.75, 3.05) is 0 Å². The second kappa shape index (κ2) is 6.82. The van der Waals surface area contributed by atoms with E-state index in [1.165, 1.54) is 0 Å². The average molecular weight is 312 g/mol. The lowest BCUT2D eigenvalue weighted by molar-refractivity contribution is -0.128. The van der Waals surface area contributed by atoms with E-state index in [0.717, 1.165) is 22.4 Å². The summed E-state index contributed by atoms with van der Waals surface area (Å²) in [6.07, 6.45) is 1.73. The van der Waals surface area contributed by atoms with Crippen LogP contribution >= 0.6 is 0 Å². The normalized spacial score (nSPS) is 11.2. The van der Waals surface area contributed by atoms with Gasteiger partial charge in [-0.3, -0.25) is 4.79 Å². The van der Waals surface area contributed by atoms with Gasteiger partial charge in [-0.2, -0.15) is 0 Å². The maximum atomic E-state index is 11.9. The Bertz CT molecular complexity index is 686. The van der Waals surface area contributed by atoms with Gasteiger partial charge in [-0.15, -0.1) is 0 Å². The van der Waals surface area contributed by atoms with E-state index in [0.29, 0.717) is 12.4 Å². The lowest BCUT2D eigenvalue weighted by atomic mass is 9.96. The van der Waals surface area contributed by atoms with Gasteiger partial charge in [0.1, 0.15) is 5.75 Å². The summed E-state index contributed by atoms with van der Waals surface area (Å²) in [6.45, 7) is 10.2. The Morgan fingerprint density at radius 3 is 2.52 bits per heavy atom. The molecule has 1 N–H and O–H groups in total. The minimum Gasteiger partial charge on any atom is -0.439 e. The highest BCUT2D eigenvalue weighted by molar-refractivity contribution is 5.81. The van der Waals surface area contributed by atoms with Gasteiger partial charge in [0, 0.05) is 24.2 Å². The molecule has 0 spiro atoms. The Hall–Kier alpha value is -2.36. The standard InChI is InChI=1S/C19H24N2O2/c1-13-6-7-14(2)16(10-13)23-17-9-8-15(11-20-17)12-21-18(22)19(3,4)5/h6-11H,12H2,1-5H3,(H,21,22). The van der Waals surface area contributed by atoms with E-state index in [1.807, 2.05) is 58.9 Å². The van der Waals surface area contributed by atoms with Crippen molar-refractivity contribution in [2.24, 2.45) is 5.41 Å². The molecule has 0 aliphatic heterocycles. The molecule has 1 heterocycles. The molecule has 2 rings (SSSR count). The molecule has 0 aliphatic carbocycles. The van der Waals surface area contributed by atoms with Gasteiger partial charge in [-0.25, -0.2) is 4.98 Å². The van der Waals surface area contributed by atoms with E-state index in [1.54, 1.807) is 6.20 Å². The van der Waals surface area contributed by atoms with Crippen LogP contribution in [0.15, 0.2) is 36.5 Å². The van der Waals surface area contributed by atoms with Crippen LogP contribution in [0.3, 0.4) is 0 Å². The highest BCUT2D eigenvalue weighted by Crippen LogP contribution is 2.24. The van der Waals surface area contributed by atoms with Gasteiger partial charge < -0.3 is 10.1 Å². The zero-order valence-corrected chi connectivity index (χ0v) is 14.4. The van der Waals surface area contributed by atoms with Crippen molar-refractivity contribution in [3.05, 3.63) is 53.2 Å². The first-order chi connectivity index (χ1) is 10.8. The van der Waals surface area contributed by atoms with Crippen LogP contribution in [0.4, 0.5) is 0 Å². The molecule has 0 bridgehead atoms. The topological polar surface area (TPSA) is 51.2 Å². The van der Waals surface area contributed by atoms with Gasteiger partial charge >= 0.3 is 0 Å². The number of carbonyl (C=O) groups excluding carboxylic acids is 1. The van der Waals surface area contributed by atoms with E-state index in [9.17, 15) is 4.79 Å². The molecule has 4 nitrogen and oxygen atoms in total. The molecule has 1 aromatic heterocycles. The summed E-state index contributed by atoms with van der Waals surface area (Å²) >= 11 is 0. The van der Waals surface area contributed by atoms with Crippen LogP contribution < -0.4 is 10.1 Å². The number of carbonyl (C=O) groups is 1. The monoisotopic (exact) mass is 312 g/mol. The smallest absolute Gasteiger partial charge is 0.225 e. The van der Waals surface area contributed by atoms with Crippen molar-refractivity contribution < 1.29 is 9.53 Å². The molecule has 0 radical (unpaired) electrons. The Kier molecular flexibility index (Phi) is 5.04. The number of ether oxygens (including phenoxy) is 1. The minimum atomic E-state index is -0.390. The van der Waals surface area contributed by atoms with Gasteiger partial charge in [0.05, 0.1) is 0 Å². The highest BCUT2D eigenvalue weighted by atomic mass is 16.5. The average Bonchev–Trinajstić information content (AvgIpc) is 2.49. The number of aryl methyl sites for hydroxylation is 2. The van der Waals surface area contributed by atoms with Gasteiger partial charge in [-0.1, -0.05) is 39.0 Å². The van der Waals surface area contributed by atoms with E-state index in [-0.39, 0.29) is 11.3 Å². The van der Waals surface area contributed by atoms with Crippen LogP contribution in [0.25, 0.3) is 0 Å². The third-order valence-electron chi connectivity index (χ3n) is 3.49. The van der Waals surface area contributed by atoms with E-state index in [2.05, 4.69) is 16.4 Å². The number of aromatic nitrogens is 1. The molecule has 0 atom stereocenters. The zero-order valence-electron chi connectivity index (χ0n) is 14.4. The highest BCUT2D eigenvalue weighted by Gasteiger charge is 2.20. The Morgan fingerprint density at radius 1 is 1.17 bits per heavy atom. The first kappa shape index (κ1) is 17.0. The molecular weight excluding hydrogens is 288 g/mol. The van der Waals surface area contributed by atoms with Crippen molar-refractivity contribution in [3.8, 4) is 11.6 Å². The van der Waals surface area contributed by atoms with Crippen molar-refractivity contribution >= 4 is 5.91 Å². The Balaban J connectivity index is 2.00. The van der Waals surface area contributed by atoms with Crippen LogP contribution in [-0.2, 0) is 11.3 Å². The van der Waals surface area contributed by atoms with E-state index in [4.69, 9.17) is 4.74 Å². The van der Waals surface area contributed by atoms with Crippen LogP contribution in [0.5, 0.6) is 11.6 Å². The summed E-state index contributed by atoms with van der Waals surface area (Å²) in [5.41, 5.74) is 2.76. The lowest BCUT2D eigenvalue weighted by Gasteiger charge is -2.17. The summed E-state index contributed by atoms with van der Waals surface area (Å²) in [7, 11) is 0. The van der Waals surface area contributed by atoms with Crippen LogP contribution in [0, 0.1) is 19.3 Å². The molecule has 0 saturated heterocycles. The summed E-state index contributed by atoms with van der Waals surface area (Å²) in [5, 5.41) is 2.90. The van der Waals surface area contributed by atoms with Crippen LogP contribution in [-0.4, -0.2) is 10.9 Å². The quantitative estimate of drug-likeness (QED) is 0.922. The minimum absolute atomic E-state index is 0.0215. The van der Waals surface area contributed by atoms with Gasteiger partial charge in [-0.05, 0) is 36.6 Å². The molecule has 0 saturated carbocycles. The van der Waals surface area contributed by atoms with Gasteiger partial charge in [0.15, 0.2) is 0 Å². The van der Waals surface area contributed by atoms with Crippen molar-refractivity contribution in [3.63, 3.8) is 0 Å². The predicted molar refractivity (Wildman–Crippen MR) is 91.5 cm³/mol. The number of pyridine rings is 1. The lowest BCUT2D eigenvalue weighted by Crippen LogP contribution is -2.34. The van der Waals surface area contributed by atoms with Crippen LogP contribution in [0.2, 0.25) is 0 Å². The summed E-state index contributed by atoms with van der Waals surface area (Å²) in [5.74, 6) is 1.38. The summed E-state index contributed by atoms with van der Waals surface area (Å²) in [6, 6.07) is 9.81. The largest absolute Gasteiger partial charge is 0.439 e. The fourth-order valence-corrected chi connectivity index (χ4v) is 1.95. The SMILES string of the molecule is Cc1ccc(C)c(Oc2ccc(CNC(=O)C(C)(C)C)cn2)c1. The molecule has 0 aliphatic rings. The number of hydrogen-bond donors (Lipinski definition) is 1. The number of nitrogens with one attached hydrogen (secondary N) is 1. The summed E-state index contributed by atoms with van der Waals surface area (Å²) in [4.78, 5) is 16.2.